The molecule has 0 aliphatic carbocycles. The van der Waals surface area contributed by atoms with E-state index >= 15 is 0 Å². The van der Waals surface area contributed by atoms with E-state index in [1.54, 1.807) is 6.07 Å². The maximum atomic E-state index is 10.7. The number of hydrogen-bond donors (Lipinski definition) is 1. The standard InChI is InChI=1S/C12H17NO4/c1-13(6-10-3-2-4-16-10)7-11-5-9(8-17-11)12(14)15/h5,8,10H,2-4,6-7H2,1H3,(H,14,15). The van der Waals surface area contributed by atoms with Gasteiger partial charge in [0.25, 0.3) is 0 Å². The lowest BCUT2D eigenvalue weighted by Gasteiger charge is -2.19. The smallest absolute Gasteiger partial charge is 0.338 e. The highest BCUT2D eigenvalue weighted by Crippen LogP contribution is 2.15. The molecule has 5 nitrogen and oxygen atoms in total. The minimum Gasteiger partial charge on any atom is -0.478 e. The van der Waals surface area contributed by atoms with Gasteiger partial charge in [0.15, 0.2) is 0 Å². The third-order valence-electron chi connectivity index (χ3n) is 2.87. The van der Waals surface area contributed by atoms with E-state index in [0.717, 1.165) is 26.0 Å². The van der Waals surface area contributed by atoms with Gasteiger partial charge in [-0.25, -0.2) is 4.79 Å². The number of aromatic carboxylic acids is 1. The van der Waals surface area contributed by atoms with E-state index in [1.165, 1.54) is 6.26 Å². The molecule has 0 aromatic carbocycles. The Morgan fingerprint density at radius 1 is 1.65 bits per heavy atom. The summed E-state index contributed by atoms with van der Waals surface area (Å²) in [5.74, 6) is -0.287. The van der Waals surface area contributed by atoms with E-state index in [9.17, 15) is 4.79 Å². The van der Waals surface area contributed by atoms with Crippen molar-refractivity contribution in [1.29, 1.82) is 0 Å². The molecule has 17 heavy (non-hydrogen) atoms. The van der Waals surface area contributed by atoms with Crippen molar-refractivity contribution < 1.29 is 19.1 Å². The van der Waals surface area contributed by atoms with Crippen molar-refractivity contribution in [2.75, 3.05) is 20.2 Å². The molecule has 0 amide bonds. The van der Waals surface area contributed by atoms with Gasteiger partial charge < -0.3 is 14.3 Å². The Hall–Kier alpha value is -1.33. The van der Waals surface area contributed by atoms with Crippen molar-refractivity contribution in [2.24, 2.45) is 0 Å². The predicted molar refractivity (Wildman–Crippen MR) is 61.0 cm³/mol. The lowest BCUT2D eigenvalue weighted by atomic mass is 10.2. The van der Waals surface area contributed by atoms with Gasteiger partial charge in [-0.05, 0) is 26.0 Å². The Labute approximate surface area is 100.0 Å². The van der Waals surface area contributed by atoms with Crippen LogP contribution in [0.4, 0.5) is 0 Å². The molecule has 1 aromatic heterocycles. The van der Waals surface area contributed by atoms with Gasteiger partial charge in [0.1, 0.15) is 12.0 Å². The highest BCUT2D eigenvalue weighted by molar-refractivity contribution is 5.87. The summed E-state index contributed by atoms with van der Waals surface area (Å²) in [4.78, 5) is 12.8. The first-order chi connectivity index (χ1) is 8.15. The van der Waals surface area contributed by atoms with Gasteiger partial charge in [-0.3, -0.25) is 4.90 Å². The topological polar surface area (TPSA) is 62.9 Å². The summed E-state index contributed by atoms with van der Waals surface area (Å²) >= 11 is 0. The first-order valence-corrected chi connectivity index (χ1v) is 5.76. The zero-order chi connectivity index (χ0) is 12.3. The minimum absolute atomic E-state index is 0.200. The van der Waals surface area contributed by atoms with Gasteiger partial charge in [0, 0.05) is 13.2 Å². The van der Waals surface area contributed by atoms with Crippen LogP contribution in [0.3, 0.4) is 0 Å². The maximum Gasteiger partial charge on any atom is 0.338 e. The second kappa shape index (κ2) is 5.33. The summed E-state index contributed by atoms with van der Waals surface area (Å²) in [6, 6.07) is 1.56. The van der Waals surface area contributed by atoms with Gasteiger partial charge in [0.2, 0.25) is 0 Å². The van der Waals surface area contributed by atoms with Crippen LogP contribution >= 0.6 is 0 Å². The highest BCUT2D eigenvalue weighted by Gasteiger charge is 2.18. The molecule has 1 aliphatic heterocycles. The van der Waals surface area contributed by atoms with Crippen LogP contribution in [-0.4, -0.2) is 42.3 Å². The molecule has 94 valence electrons. The van der Waals surface area contributed by atoms with Crippen LogP contribution in [0.5, 0.6) is 0 Å². The first kappa shape index (κ1) is 12.1. The molecule has 1 aromatic rings. The van der Waals surface area contributed by atoms with E-state index < -0.39 is 5.97 Å². The van der Waals surface area contributed by atoms with Crippen molar-refractivity contribution in [1.82, 2.24) is 4.90 Å². The van der Waals surface area contributed by atoms with Crippen molar-refractivity contribution in [3.63, 3.8) is 0 Å². The van der Waals surface area contributed by atoms with Crippen molar-refractivity contribution in [3.05, 3.63) is 23.7 Å². The fraction of sp³-hybridized carbons (Fsp3) is 0.583. The number of ether oxygens (including phenoxy) is 1. The fourth-order valence-electron chi connectivity index (χ4n) is 2.04. The molecule has 1 saturated heterocycles. The molecule has 1 aliphatic rings. The van der Waals surface area contributed by atoms with E-state index in [4.69, 9.17) is 14.3 Å². The van der Waals surface area contributed by atoms with E-state index in [0.29, 0.717) is 18.4 Å². The molecular formula is C12H17NO4. The number of nitrogens with zero attached hydrogens (tertiary/aromatic N) is 1. The summed E-state index contributed by atoms with van der Waals surface area (Å²) in [6.45, 7) is 2.30. The van der Waals surface area contributed by atoms with Crippen LogP contribution in [0.15, 0.2) is 16.7 Å². The summed E-state index contributed by atoms with van der Waals surface area (Å²) in [5, 5.41) is 8.77. The highest BCUT2D eigenvalue weighted by atomic mass is 16.5. The Kier molecular flexibility index (Phi) is 3.81. The summed E-state index contributed by atoms with van der Waals surface area (Å²) in [6.07, 6.45) is 3.80. The van der Waals surface area contributed by atoms with Gasteiger partial charge in [-0.1, -0.05) is 0 Å². The predicted octanol–water partition coefficient (Wildman–Crippen LogP) is 1.59. The summed E-state index contributed by atoms with van der Waals surface area (Å²) < 4.78 is 10.7. The quantitative estimate of drug-likeness (QED) is 0.845. The van der Waals surface area contributed by atoms with Crippen LogP contribution < -0.4 is 0 Å². The lowest BCUT2D eigenvalue weighted by Crippen LogP contribution is -2.28. The number of carbonyl (C=O) groups is 1. The molecular weight excluding hydrogens is 222 g/mol. The molecule has 2 heterocycles. The van der Waals surface area contributed by atoms with Gasteiger partial charge in [0.05, 0.1) is 18.2 Å². The van der Waals surface area contributed by atoms with Crippen LogP contribution in [0.1, 0.15) is 29.0 Å². The zero-order valence-electron chi connectivity index (χ0n) is 9.89. The number of rotatable bonds is 5. The number of likely N-dealkylation sites (N-methyl/N-ethyl adjacent to an activating group) is 1. The van der Waals surface area contributed by atoms with Crippen LogP contribution in [0, 0.1) is 0 Å². The van der Waals surface area contributed by atoms with Crippen LogP contribution in [-0.2, 0) is 11.3 Å². The third kappa shape index (κ3) is 3.31. The molecule has 1 fully saturated rings. The van der Waals surface area contributed by atoms with E-state index in [-0.39, 0.29) is 5.56 Å². The number of carboxylic acid groups (broad SMARTS) is 1. The molecule has 0 spiro atoms. The second-order valence-corrected chi connectivity index (χ2v) is 4.44. The van der Waals surface area contributed by atoms with Gasteiger partial charge in [-0.2, -0.15) is 0 Å². The number of hydrogen-bond acceptors (Lipinski definition) is 4. The monoisotopic (exact) mass is 239 g/mol. The minimum atomic E-state index is -0.957. The molecule has 1 N–H and O–H groups in total. The van der Waals surface area contributed by atoms with Crippen LogP contribution in [0.25, 0.3) is 0 Å². The van der Waals surface area contributed by atoms with Crippen LogP contribution in [0.2, 0.25) is 0 Å². The average molecular weight is 239 g/mol. The summed E-state index contributed by atoms with van der Waals surface area (Å²) in [5.41, 5.74) is 0.200. The van der Waals surface area contributed by atoms with Crippen molar-refractivity contribution in [3.8, 4) is 0 Å². The Morgan fingerprint density at radius 2 is 2.47 bits per heavy atom. The van der Waals surface area contributed by atoms with Gasteiger partial charge >= 0.3 is 5.97 Å². The molecule has 0 bridgehead atoms. The first-order valence-electron chi connectivity index (χ1n) is 5.76. The van der Waals surface area contributed by atoms with E-state index in [2.05, 4.69) is 4.90 Å². The Morgan fingerprint density at radius 3 is 3.06 bits per heavy atom. The molecule has 1 unspecified atom stereocenters. The Bertz CT molecular complexity index is 382. The average Bonchev–Trinajstić information content (AvgIpc) is 2.88. The molecule has 0 saturated carbocycles. The molecule has 5 heteroatoms. The second-order valence-electron chi connectivity index (χ2n) is 4.44. The molecule has 2 rings (SSSR count). The van der Waals surface area contributed by atoms with Crippen molar-refractivity contribution >= 4 is 5.97 Å². The zero-order valence-corrected chi connectivity index (χ0v) is 9.89. The molecule has 0 radical (unpaired) electrons. The maximum absolute atomic E-state index is 10.7. The van der Waals surface area contributed by atoms with Gasteiger partial charge in [-0.15, -0.1) is 0 Å². The third-order valence-corrected chi connectivity index (χ3v) is 2.87. The largest absolute Gasteiger partial charge is 0.478 e. The van der Waals surface area contributed by atoms with E-state index in [1.807, 2.05) is 7.05 Å². The van der Waals surface area contributed by atoms with Crippen molar-refractivity contribution in [2.45, 2.75) is 25.5 Å². The fourth-order valence-corrected chi connectivity index (χ4v) is 2.04. The Balaban J connectivity index is 1.84. The summed E-state index contributed by atoms with van der Waals surface area (Å²) in [7, 11) is 1.98. The molecule has 1 atom stereocenters. The SMILES string of the molecule is CN(Cc1cc(C(=O)O)co1)CC1CCCO1. The normalized spacial score (nSPS) is 20.0. The number of furan rings is 1. The number of carboxylic acids is 1. The lowest BCUT2D eigenvalue weighted by molar-refractivity contribution is 0.0696.